The van der Waals surface area contributed by atoms with Crippen LogP contribution in [0.3, 0.4) is 0 Å². The van der Waals surface area contributed by atoms with Gasteiger partial charge in [0.15, 0.2) is 17.5 Å². The minimum absolute atomic E-state index is 0.683. The summed E-state index contributed by atoms with van der Waals surface area (Å²) in [5.74, 6) is 3.07. The Morgan fingerprint density at radius 2 is 2.13 bits per heavy atom. The van der Waals surface area contributed by atoms with Crippen LogP contribution in [0.15, 0.2) is 23.2 Å². The number of benzene rings is 1. The number of fused-ring (bicyclic) bond motifs is 1. The molecule has 0 aliphatic carbocycles. The average Bonchev–Trinajstić information content (AvgIpc) is 2.83. The highest BCUT2D eigenvalue weighted by Gasteiger charge is 2.19. The lowest BCUT2D eigenvalue weighted by Crippen LogP contribution is -2.35. The second-order valence-electron chi connectivity index (χ2n) is 6.21. The Hall–Kier alpha value is -1.95. The van der Waals surface area contributed by atoms with Gasteiger partial charge in [-0.1, -0.05) is 0 Å². The fourth-order valence-corrected chi connectivity index (χ4v) is 2.99. The molecule has 1 aromatic rings. The first kappa shape index (κ1) is 15.9. The number of hydrogen-bond acceptors (Lipinski definition) is 4. The summed E-state index contributed by atoms with van der Waals surface area (Å²) < 4.78 is 11.4. The number of nitrogens with one attached hydrogen (secondary N) is 2. The van der Waals surface area contributed by atoms with Crippen LogP contribution >= 0.6 is 0 Å². The Morgan fingerprint density at radius 1 is 1.30 bits per heavy atom. The maximum atomic E-state index is 5.73. The molecular weight excluding hydrogens is 292 g/mol. The normalized spacial score (nSPS) is 21.8. The molecule has 23 heavy (non-hydrogen) atoms. The molecule has 0 aromatic heterocycles. The molecule has 1 aromatic carbocycles. The van der Waals surface area contributed by atoms with Crippen molar-refractivity contribution in [1.82, 2.24) is 10.2 Å². The minimum Gasteiger partial charge on any atom is -0.490 e. The SMILES string of the molecule is CN=C(NCC1CCN(C)C1)Nc1ccc2c(c1)OCCCO2. The molecule has 2 aliphatic rings. The first-order valence-corrected chi connectivity index (χ1v) is 8.30. The highest BCUT2D eigenvalue weighted by molar-refractivity contribution is 5.93. The fourth-order valence-electron chi connectivity index (χ4n) is 2.99. The second-order valence-corrected chi connectivity index (χ2v) is 6.21. The Labute approximate surface area is 137 Å². The zero-order valence-electron chi connectivity index (χ0n) is 14.0. The van der Waals surface area contributed by atoms with Crippen LogP contribution in [-0.4, -0.2) is 57.8 Å². The molecule has 126 valence electrons. The topological polar surface area (TPSA) is 58.1 Å². The molecule has 6 heteroatoms. The molecule has 6 nitrogen and oxygen atoms in total. The third-order valence-corrected chi connectivity index (χ3v) is 4.28. The summed E-state index contributed by atoms with van der Waals surface area (Å²) in [4.78, 5) is 6.67. The van der Waals surface area contributed by atoms with Crippen LogP contribution < -0.4 is 20.1 Å². The third-order valence-electron chi connectivity index (χ3n) is 4.28. The van der Waals surface area contributed by atoms with E-state index in [9.17, 15) is 0 Å². The van der Waals surface area contributed by atoms with Crippen molar-refractivity contribution in [3.63, 3.8) is 0 Å². The van der Waals surface area contributed by atoms with E-state index in [4.69, 9.17) is 9.47 Å². The van der Waals surface area contributed by atoms with Crippen molar-refractivity contribution in [3.8, 4) is 11.5 Å². The average molecular weight is 318 g/mol. The van der Waals surface area contributed by atoms with Crippen LogP contribution in [0, 0.1) is 5.92 Å². The van der Waals surface area contributed by atoms with Gasteiger partial charge in [-0.3, -0.25) is 4.99 Å². The maximum absolute atomic E-state index is 5.73. The number of guanidine groups is 1. The minimum atomic E-state index is 0.683. The summed E-state index contributed by atoms with van der Waals surface area (Å²) in [6.07, 6.45) is 2.15. The van der Waals surface area contributed by atoms with Crippen LogP contribution in [0.25, 0.3) is 0 Å². The maximum Gasteiger partial charge on any atom is 0.195 e. The summed E-state index contributed by atoms with van der Waals surface area (Å²) in [7, 11) is 3.96. The molecule has 2 aliphatic heterocycles. The van der Waals surface area contributed by atoms with E-state index in [0.29, 0.717) is 19.1 Å². The standard InChI is InChI=1S/C17H26N4O2/c1-18-17(19-11-13-6-7-21(2)12-13)20-14-4-5-15-16(10-14)23-9-3-8-22-15/h4-5,10,13H,3,6-9,11-12H2,1-2H3,(H2,18,19,20). The van der Waals surface area contributed by atoms with Crippen molar-refractivity contribution in [2.24, 2.45) is 10.9 Å². The fraction of sp³-hybridized carbons (Fsp3) is 0.588. The number of likely N-dealkylation sites (tertiary alicyclic amines) is 1. The van der Waals surface area contributed by atoms with Gasteiger partial charge in [-0.15, -0.1) is 0 Å². The van der Waals surface area contributed by atoms with Crippen molar-refractivity contribution in [3.05, 3.63) is 18.2 Å². The summed E-state index contributed by atoms with van der Waals surface area (Å²) in [6, 6.07) is 5.91. The number of nitrogens with zero attached hydrogens (tertiary/aromatic N) is 2. The van der Waals surface area contributed by atoms with E-state index in [1.54, 1.807) is 7.05 Å². The lowest BCUT2D eigenvalue weighted by Gasteiger charge is -2.16. The number of ether oxygens (including phenoxy) is 2. The smallest absolute Gasteiger partial charge is 0.195 e. The van der Waals surface area contributed by atoms with Gasteiger partial charge in [-0.2, -0.15) is 0 Å². The summed E-state index contributed by atoms with van der Waals surface area (Å²) >= 11 is 0. The van der Waals surface area contributed by atoms with Crippen molar-refractivity contribution in [1.29, 1.82) is 0 Å². The summed E-state index contributed by atoms with van der Waals surface area (Å²) in [5, 5.41) is 6.74. The van der Waals surface area contributed by atoms with Gasteiger partial charge in [-0.05, 0) is 38.1 Å². The van der Waals surface area contributed by atoms with E-state index in [1.807, 2.05) is 18.2 Å². The van der Waals surface area contributed by atoms with Crippen molar-refractivity contribution < 1.29 is 9.47 Å². The largest absolute Gasteiger partial charge is 0.490 e. The van der Waals surface area contributed by atoms with E-state index in [1.165, 1.54) is 13.0 Å². The lowest BCUT2D eigenvalue weighted by atomic mass is 10.1. The number of hydrogen-bond donors (Lipinski definition) is 2. The molecule has 2 N–H and O–H groups in total. The molecule has 0 bridgehead atoms. The molecule has 0 saturated carbocycles. The van der Waals surface area contributed by atoms with Crippen LogP contribution in [0.4, 0.5) is 5.69 Å². The van der Waals surface area contributed by atoms with Crippen LogP contribution in [0.2, 0.25) is 0 Å². The van der Waals surface area contributed by atoms with Crippen molar-refractivity contribution in [2.75, 3.05) is 52.3 Å². The van der Waals surface area contributed by atoms with Gasteiger partial charge < -0.3 is 25.0 Å². The Morgan fingerprint density at radius 3 is 2.87 bits per heavy atom. The molecule has 0 spiro atoms. The quantitative estimate of drug-likeness (QED) is 0.657. The molecule has 1 unspecified atom stereocenters. The number of aliphatic imine (C=N–C) groups is 1. The van der Waals surface area contributed by atoms with Gasteiger partial charge in [0.25, 0.3) is 0 Å². The van der Waals surface area contributed by atoms with E-state index in [2.05, 4.69) is 27.6 Å². The highest BCUT2D eigenvalue weighted by Crippen LogP contribution is 2.32. The van der Waals surface area contributed by atoms with E-state index < -0.39 is 0 Å². The Balaban J connectivity index is 1.57. The van der Waals surface area contributed by atoms with E-state index in [0.717, 1.165) is 42.7 Å². The Bertz CT molecular complexity index is 562. The van der Waals surface area contributed by atoms with Crippen LogP contribution in [-0.2, 0) is 0 Å². The molecule has 1 fully saturated rings. The number of rotatable bonds is 3. The highest BCUT2D eigenvalue weighted by atomic mass is 16.5. The third kappa shape index (κ3) is 4.28. The molecule has 0 amide bonds. The van der Waals surface area contributed by atoms with Crippen molar-refractivity contribution in [2.45, 2.75) is 12.8 Å². The molecule has 1 atom stereocenters. The van der Waals surface area contributed by atoms with E-state index in [-0.39, 0.29) is 0 Å². The molecular formula is C17H26N4O2. The Kier molecular flexibility index (Phi) is 5.23. The number of anilines is 1. The predicted molar refractivity (Wildman–Crippen MR) is 92.6 cm³/mol. The van der Waals surface area contributed by atoms with Crippen molar-refractivity contribution >= 4 is 11.6 Å². The molecule has 3 rings (SSSR count). The lowest BCUT2D eigenvalue weighted by molar-refractivity contribution is 0.297. The predicted octanol–water partition coefficient (Wildman–Crippen LogP) is 1.79. The van der Waals surface area contributed by atoms with Gasteiger partial charge in [0.2, 0.25) is 0 Å². The zero-order chi connectivity index (χ0) is 16.1. The van der Waals surface area contributed by atoms with Gasteiger partial charge in [-0.25, -0.2) is 0 Å². The van der Waals surface area contributed by atoms with Gasteiger partial charge in [0.1, 0.15) is 0 Å². The van der Waals surface area contributed by atoms with Gasteiger partial charge in [0, 0.05) is 38.3 Å². The molecule has 0 radical (unpaired) electrons. The first-order chi connectivity index (χ1) is 11.2. The van der Waals surface area contributed by atoms with Crippen LogP contribution in [0.1, 0.15) is 12.8 Å². The first-order valence-electron chi connectivity index (χ1n) is 8.30. The van der Waals surface area contributed by atoms with Crippen LogP contribution in [0.5, 0.6) is 11.5 Å². The van der Waals surface area contributed by atoms with Gasteiger partial charge in [0.05, 0.1) is 13.2 Å². The molecule has 2 heterocycles. The molecule has 1 saturated heterocycles. The van der Waals surface area contributed by atoms with Gasteiger partial charge >= 0.3 is 0 Å². The zero-order valence-corrected chi connectivity index (χ0v) is 14.0. The van der Waals surface area contributed by atoms with E-state index >= 15 is 0 Å². The summed E-state index contributed by atoms with van der Waals surface area (Å²) in [6.45, 7) is 4.67. The summed E-state index contributed by atoms with van der Waals surface area (Å²) in [5.41, 5.74) is 0.950. The monoisotopic (exact) mass is 318 g/mol. The second kappa shape index (κ2) is 7.55.